The molecule has 0 aliphatic heterocycles. The second-order valence-corrected chi connectivity index (χ2v) is 10.5. The Balaban J connectivity index is 1.25. The summed E-state index contributed by atoms with van der Waals surface area (Å²) in [7, 11) is 0. The first-order valence-electron chi connectivity index (χ1n) is 12.6. The highest BCUT2D eigenvalue weighted by Crippen LogP contribution is 2.35. The van der Waals surface area contributed by atoms with Crippen LogP contribution < -0.4 is 5.32 Å². The van der Waals surface area contributed by atoms with Crippen molar-refractivity contribution in [1.29, 1.82) is 0 Å². The van der Waals surface area contributed by atoms with Gasteiger partial charge in [0, 0.05) is 28.4 Å². The van der Waals surface area contributed by atoms with Crippen molar-refractivity contribution in [1.82, 2.24) is 25.1 Å². The van der Waals surface area contributed by atoms with Crippen LogP contribution in [0.5, 0.6) is 0 Å². The lowest BCUT2D eigenvalue weighted by Crippen LogP contribution is -2.07. The minimum absolute atomic E-state index is 0.545. The quantitative estimate of drug-likeness (QED) is 0.215. The van der Waals surface area contributed by atoms with Crippen molar-refractivity contribution >= 4 is 39.0 Å². The van der Waals surface area contributed by atoms with E-state index in [9.17, 15) is 0 Å². The maximum absolute atomic E-state index is 5.02. The summed E-state index contributed by atoms with van der Waals surface area (Å²) in [6.07, 6.45) is 8.69. The van der Waals surface area contributed by atoms with Crippen molar-refractivity contribution in [2.45, 2.75) is 25.7 Å². The number of pyridine rings is 2. The molecular weight excluding hydrogens is 476 g/mol. The minimum Gasteiger partial charge on any atom is -0.358 e. The number of aromatic nitrogens is 5. The number of allylic oxidation sites excluding steroid dienone is 1. The van der Waals surface area contributed by atoms with Gasteiger partial charge in [-0.05, 0) is 77.0 Å². The van der Waals surface area contributed by atoms with Gasteiger partial charge in [0.15, 0.2) is 0 Å². The van der Waals surface area contributed by atoms with Crippen LogP contribution in [0.2, 0.25) is 0 Å². The van der Waals surface area contributed by atoms with Gasteiger partial charge < -0.3 is 10.3 Å². The summed E-state index contributed by atoms with van der Waals surface area (Å²) in [6.45, 7) is 4.28. The average molecular weight is 503 g/mol. The Hall–Kier alpha value is -4.23. The van der Waals surface area contributed by atoms with Gasteiger partial charge in [0.25, 0.3) is 0 Å². The maximum atomic E-state index is 5.02. The molecule has 0 spiro atoms. The Morgan fingerprint density at radius 1 is 1.00 bits per heavy atom. The third kappa shape index (κ3) is 4.01. The van der Waals surface area contributed by atoms with Gasteiger partial charge in [-0.25, -0.2) is 4.98 Å². The molecule has 0 atom stereocenters. The zero-order valence-electron chi connectivity index (χ0n) is 20.3. The summed E-state index contributed by atoms with van der Waals surface area (Å²) in [4.78, 5) is 13.1. The van der Waals surface area contributed by atoms with Crippen molar-refractivity contribution in [3.8, 4) is 33.8 Å². The Morgan fingerprint density at radius 2 is 1.92 bits per heavy atom. The molecule has 0 radical (unpaired) electrons. The molecule has 1 aliphatic rings. The van der Waals surface area contributed by atoms with E-state index in [1.165, 1.54) is 42.2 Å². The summed E-state index contributed by atoms with van der Waals surface area (Å²) in [5.41, 5.74) is 10.8. The number of aromatic amines is 2. The van der Waals surface area contributed by atoms with Gasteiger partial charge in [0.05, 0.1) is 28.8 Å². The van der Waals surface area contributed by atoms with Crippen LogP contribution in [0.15, 0.2) is 84.0 Å². The predicted molar refractivity (Wildman–Crippen MR) is 152 cm³/mol. The number of hydrogen-bond acceptors (Lipinski definition) is 5. The van der Waals surface area contributed by atoms with E-state index in [-0.39, 0.29) is 0 Å². The summed E-state index contributed by atoms with van der Waals surface area (Å²) >= 11 is 1.71. The van der Waals surface area contributed by atoms with Crippen LogP contribution in [0.3, 0.4) is 0 Å². The molecule has 7 heteroatoms. The molecule has 1 aromatic carbocycles. The van der Waals surface area contributed by atoms with Crippen LogP contribution in [-0.2, 0) is 0 Å². The summed E-state index contributed by atoms with van der Waals surface area (Å²) in [6, 6.07) is 16.8. The molecule has 6 nitrogen and oxygen atoms in total. The molecule has 6 aromatic rings. The largest absolute Gasteiger partial charge is 0.358 e. The fourth-order valence-electron chi connectivity index (χ4n) is 5.41. The molecule has 37 heavy (non-hydrogen) atoms. The fraction of sp³-hybridized carbons (Fsp3) is 0.167. The van der Waals surface area contributed by atoms with Gasteiger partial charge in [0.2, 0.25) is 0 Å². The number of fused-ring (bicyclic) bond motifs is 2. The first-order valence-corrected chi connectivity index (χ1v) is 13.6. The third-order valence-corrected chi connectivity index (χ3v) is 8.03. The van der Waals surface area contributed by atoms with E-state index < -0.39 is 0 Å². The monoisotopic (exact) mass is 502 g/mol. The maximum Gasteiger partial charge on any atom is 0.135 e. The number of nitrogens with one attached hydrogen (secondary N) is 3. The van der Waals surface area contributed by atoms with Gasteiger partial charge >= 0.3 is 0 Å². The minimum atomic E-state index is 0.545. The number of thiophene rings is 1. The van der Waals surface area contributed by atoms with E-state index in [2.05, 4.69) is 79.2 Å². The number of anilines is 1. The molecule has 0 saturated heterocycles. The molecule has 1 fully saturated rings. The van der Waals surface area contributed by atoms with Crippen LogP contribution >= 0.6 is 11.3 Å². The van der Waals surface area contributed by atoms with Gasteiger partial charge in [-0.2, -0.15) is 16.4 Å². The van der Waals surface area contributed by atoms with Gasteiger partial charge in [-0.1, -0.05) is 31.6 Å². The summed E-state index contributed by atoms with van der Waals surface area (Å²) in [5, 5.41) is 16.7. The van der Waals surface area contributed by atoms with Gasteiger partial charge in [-0.3, -0.25) is 10.1 Å². The van der Waals surface area contributed by atoms with E-state index in [1.807, 2.05) is 24.5 Å². The van der Waals surface area contributed by atoms with Gasteiger partial charge in [-0.15, -0.1) is 0 Å². The van der Waals surface area contributed by atoms with Crippen molar-refractivity contribution in [2.75, 3.05) is 5.32 Å². The SMILES string of the molecule is C=C(Nc1cncc(-c2ccc3[nH]nc(-c4cc5c(-c6ccsc6)cccc5[nH]4)c3n2)c1)C1CCCC1. The second-order valence-electron chi connectivity index (χ2n) is 9.72. The Kier molecular flexibility index (Phi) is 5.36. The molecule has 1 saturated carbocycles. The molecule has 3 N–H and O–H groups in total. The van der Waals surface area contributed by atoms with Crippen molar-refractivity contribution in [2.24, 2.45) is 5.92 Å². The summed E-state index contributed by atoms with van der Waals surface area (Å²) in [5.74, 6) is 0.545. The van der Waals surface area contributed by atoms with Crippen molar-refractivity contribution in [3.63, 3.8) is 0 Å². The zero-order valence-corrected chi connectivity index (χ0v) is 21.1. The van der Waals surface area contributed by atoms with Crippen molar-refractivity contribution in [3.05, 3.63) is 84.0 Å². The highest BCUT2D eigenvalue weighted by molar-refractivity contribution is 7.08. The topological polar surface area (TPSA) is 82.3 Å². The Labute approximate surface area is 218 Å². The first-order chi connectivity index (χ1) is 18.2. The lowest BCUT2D eigenvalue weighted by atomic mass is 10.0. The Bertz CT molecular complexity index is 1740. The first kappa shape index (κ1) is 22.0. The molecule has 1 aliphatic carbocycles. The molecule has 5 aromatic heterocycles. The zero-order chi connectivity index (χ0) is 24.8. The molecule has 7 rings (SSSR count). The lowest BCUT2D eigenvalue weighted by molar-refractivity contribution is 0.649. The molecule has 0 unspecified atom stereocenters. The number of nitrogens with zero attached hydrogens (tertiary/aromatic N) is 3. The number of rotatable bonds is 6. The smallest absolute Gasteiger partial charge is 0.135 e. The van der Waals surface area contributed by atoms with Crippen LogP contribution in [0.1, 0.15) is 25.7 Å². The highest BCUT2D eigenvalue weighted by Gasteiger charge is 2.19. The van der Waals surface area contributed by atoms with E-state index >= 15 is 0 Å². The van der Waals surface area contributed by atoms with Crippen LogP contribution in [0, 0.1) is 5.92 Å². The number of benzene rings is 1. The van der Waals surface area contributed by atoms with Gasteiger partial charge in [0.1, 0.15) is 11.2 Å². The van der Waals surface area contributed by atoms with Crippen LogP contribution in [-0.4, -0.2) is 25.1 Å². The highest BCUT2D eigenvalue weighted by atomic mass is 32.1. The molecule has 0 bridgehead atoms. The lowest BCUT2D eigenvalue weighted by Gasteiger charge is -2.15. The normalized spacial score (nSPS) is 14.1. The third-order valence-electron chi connectivity index (χ3n) is 7.35. The standard InChI is InChI=1S/C30H26N6S/c1-18(19-5-2-3-6-19)32-22-13-21(15-31-16-22)25-9-10-27-29(34-25)30(36-35-27)28-14-24-23(20-11-12-37-17-20)7-4-8-26(24)33-28/h4,7-17,19,32-33H,1-3,5-6H2,(H,35,36). The molecule has 182 valence electrons. The van der Waals surface area contributed by atoms with E-state index in [0.29, 0.717) is 5.92 Å². The summed E-state index contributed by atoms with van der Waals surface area (Å²) < 4.78 is 0. The van der Waals surface area contributed by atoms with E-state index in [0.717, 1.165) is 50.6 Å². The molecule has 0 amide bonds. The van der Waals surface area contributed by atoms with Crippen LogP contribution in [0.25, 0.3) is 55.7 Å². The predicted octanol–water partition coefficient (Wildman–Crippen LogP) is 8.01. The number of H-pyrrole nitrogens is 2. The average Bonchev–Trinajstić information content (AvgIpc) is 3.74. The number of hydrogen-bond donors (Lipinski definition) is 3. The van der Waals surface area contributed by atoms with E-state index in [1.54, 1.807) is 11.3 Å². The fourth-order valence-corrected chi connectivity index (χ4v) is 6.07. The second kappa shape index (κ2) is 9.01. The Morgan fingerprint density at radius 3 is 2.78 bits per heavy atom. The van der Waals surface area contributed by atoms with Crippen molar-refractivity contribution < 1.29 is 0 Å². The van der Waals surface area contributed by atoms with Crippen LogP contribution in [0.4, 0.5) is 5.69 Å². The molecular formula is C30H26N6S. The molecule has 5 heterocycles. The van der Waals surface area contributed by atoms with E-state index in [4.69, 9.17) is 4.98 Å².